The number of carbonyl (C=O) groups excluding carboxylic acids is 1. The minimum Gasteiger partial charge on any atom is -0.481 e. The summed E-state index contributed by atoms with van der Waals surface area (Å²) < 4.78 is 1.40. The van der Waals surface area contributed by atoms with E-state index in [1.807, 2.05) is 0 Å². The zero-order chi connectivity index (χ0) is 14.5. The predicted molar refractivity (Wildman–Crippen MR) is 71.9 cm³/mol. The minimum absolute atomic E-state index is 0.0811. The number of hydrogen-bond acceptors (Lipinski definition) is 6. The highest BCUT2D eigenvalue weighted by Gasteiger charge is 2.08. The van der Waals surface area contributed by atoms with Crippen LogP contribution in [0, 0.1) is 0 Å². The Kier molecular flexibility index (Phi) is 4.31. The first-order valence-electron chi connectivity index (χ1n) is 5.65. The second-order valence-corrected chi connectivity index (χ2v) is 4.28. The molecule has 0 fully saturated rings. The minimum atomic E-state index is -1.01. The van der Waals surface area contributed by atoms with E-state index < -0.39 is 5.97 Å². The number of rotatable bonds is 5. The Hall–Kier alpha value is -2.42. The van der Waals surface area contributed by atoms with Gasteiger partial charge in [-0.05, 0) is 28.6 Å². The molecule has 0 saturated carbocycles. The third-order valence-electron chi connectivity index (χ3n) is 2.39. The van der Waals surface area contributed by atoms with Gasteiger partial charge in [-0.2, -0.15) is 4.68 Å². The van der Waals surface area contributed by atoms with Crippen molar-refractivity contribution < 1.29 is 14.7 Å². The second-order valence-electron chi connectivity index (χ2n) is 3.88. The Morgan fingerprint density at radius 3 is 2.80 bits per heavy atom. The van der Waals surface area contributed by atoms with E-state index in [1.165, 1.54) is 4.68 Å². The summed E-state index contributed by atoms with van der Waals surface area (Å²) in [6, 6.07) is 6.82. The number of anilines is 1. The van der Waals surface area contributed by atoms with Crippen LogP contribution in [-0.2, 0) is 9.59 Å². The van der Waals surface area contributed by atoms with Gasteiger partial charge >= 0.3 is 5.97 Å². The number of nitrogens with zero attached hydrogens (tertiary/aromatic N) is 4. The summed E-state index contributed by atoms with van der Waals surface area (Å²) in [7, 11) is 0. The molecule has 0 aliphatic heterocycles. The van der Waals surface area contributed by atoms with Crippen molar-refractivity contribution in [1.29, 1.82) is 0 Å². The molecule has 104 valence electrons. The van der Waals surface area contributed by atoms with Crippen LogP contribution in [0.4, 0.5) is 5.69 Å². The van der Waals surface area contributed by atoms with Crippen molar-refractivity contribution in [2.24, 2.45) is 0 Å². The topological polar surface area (TPSA) is 110 Å². The molecular weight excluding hydrogens is 282 g/mol. The molecule has 0 aliphatic rings. The third kappa shape index (κ3) is 3.54. The largest absolute Gasteiger partial charge is 0.481 e. The van der Waals surface area contributed by atoms with Crippen LogP contribution in [0.25, 0.3) is 5.69 Å². The van der Waals surface area contributed by atoms with Gasteiger partial charge in [0.05, 0.1) is 12.1 Å². The SMILES string of the molecule is O=C(O)CCC(=O)Nc1cccc(-n2nnnc2S)c1. The molecule has 0 saturated heterocycles. The van der Waals surface area contributed by atoms with Gasteiger partial charge in [0.15, 0.2) is 0 Å². The highest BCUT2D eigenvalue weighted by Crippen LogP contribution is 2.16. The van der Waals surface area contributed by atoms with E-state index in [0.717, 1.165) is 0 Å². The maximum Gasteiger partial charge on any atom is 0.303 e. The first kappa shape index (κ1) is 14.0. The molecule has 1 aromatic heterocycles. The van der Waals surface area contributed by atoms with Gasteiger partial charge < -0.3 is 10.4 Å². The fraction of sp³-hybridized carbons (Fsp3) is 0.182. The third-order valence-corrected chi connectivity index (χ3v) is 2.67. The molecular formula is C11H11N5O3S. The highest BCUT2D eigenvalue weighted by atomic mass is 32.1. The van der Waals surface area contributed by atoms with E-state index in [0.29, 0.717) is 16.5 Å². The summed E-state index contributed by atoms with van der Waals surface area (Å²) >= 11 is 4.09. The lowest BCUT2D eigenvalue weighted by molar-refractivity contribution is -0.138. The molecule has 0 radical (unpaired) electrons. The Morgan fingerprint density at radius 2 is 2.15 bits per heavy atom. The van der Waals surface area contributed by atoms with Gasteiger partial charge in [-0.3, -0.25) is 9.59 Å². The average molecular weight is 293 g/mol. The number of amides is 1. The van der Waals surface area contributed by atoms with Gasteiger partial charge in [-0.25, -0.2) is 0 Å². The van der Waals surface area contributed by atoms with E-state index in [-0.39, 0.29) is 18.7 Å². The molecule has 20 heavy (non-hydrogen) atoms. The molecule has 2 N–H and O–H groups in total. The smallest absolute Gasteiger partial charge is 0.303 e. The number of carbonyl (C=O) groups is 2. The van der Waals surface area contributed by atoms with Gasteiger partial charge in [0.2, 0.25) is 11.1 Å². The number of aromatic nitrogens is 4. The van der Waals surface area contributed by atoms with Crippen LogP contribution < -0.4 is 5.32 Å². The maximum absolute atomic E-state index is 11.5. The number of nitrogens with one attached hydrogen (secondary N) is 1. The molecule has 0 unspecified atom stereocenters. The lowest BCUT2D eigenvalue weighted by atomic mass is 10.2. The standard InChI is InChI=1S/C11H11N5O3S/c17-9(4-5-10(18)19)12-7-2-1-3-8(6-7)16-11(20)13-14-15-16/h1-3,6H,4-5H2,(H,12,17)(H,18,19)(H,13,15,20). The molecule has 0 atom stereocenters. The van der Waals surface area contributed by atoms with Crippen molar-refractivity contribution >= 4 is 30.2 Å². The monoisotopic (exact) mass is 293 g/mol. The van der Waals surface area contributed by atoms with Crippen LogP contribution in [0.5, 0.6) is 0 Å². The first-order valence-corrected chi connectivity index (χ1v) is 6.10. The lowest BCUT2D eigenvalue weighted by Gasteiger charge is -2.07. The van der Waals surface area contributed by atoms with Crippen LogP contribution in [0.1, 0.15) is 12.8 Å². The summed E-state index contributed by atoms with van der Waals surface area (Å²) in [5.74, 6) is -1.38. The van der Waals surface area contributed by atoms with Crippen LogP contribution in [0.15, 0.2) is 29.4 Å². The quantitative estimate of drug-likeness (QED) is 0.702. The van der Waals surface area contributed by atoms with Crippen LogP contribution in [0.2, 0.25) is 0 Å². The van der Waals surface area contributed by atoms with Crippen molar-refractivity contribution in [3.8, 4) is 5.69 Å². The zero-order valence-corrected chi connectivity index (χ0v) is 11.1. The number of thiol groups is 1. The molecule has 0 aliphatic carbocycles. The van der Waals surface area contributed by atoms with E-state index in [9.17, 15) is 9.59 Å². The van der Waals surface area contributed by atoms with Crippen LogP contribution in [0.3, 0.4) is 0 Å². The summed E-state index contributed by atoms with van der Waals surface area (Å²) in [6.45, 7) is 0. The van der Waals surface area contributed by atoms with E-state index >= 15 is 0 Å². The normalized spacial score (nSPS) is 10.2. The Labute approximate surface area is 119 Å². The zero-order valence-electron chi connectivity index (χ0n) is 10.2. The van der Waals surface area contributed by atoms with E-state index in [4.69, 9.17) is 5.11 Å². The fourth-order valence-electron chi connectivity index (χ4n) is 1.51. The Morgan fingerprint density at radius 1 is 1.35 bits per heavy atom. The molecule has 0 bridgehead atoms. The molecule has 1 aromatic carbocycles. The summed E-state index contributed by atoms with van der Waals surface area (Å²) in [5.41, 5.74) is 1.16. The van der Waals surface area contributed by atoms with Crippen molar-refractivity contribution in [2.45, 2.75) is 18.0 Å². The predicted octanol–water partition coefficient (Wildman–Crippen LogP) is 0.754. The van der Waals surface area contributed by atoms with Gasteiger partial charge in [-0.15, -0.1) is 17.7 Å². The van der Waals surface area contributed by atoms with Crippen molar-refractivity contribution in [3.63, 3.8) is 0 Å². The van der Waals surface area contributed by atoms with Gasteiger partial charge in [-0.1, -0.05) is 6.07 Å². The number of carboxylic acids is 1. The Bertz CT molecular complexity index is 642. The van der Waals surface area contributed by atoms with Gasteiger partial charge in [0.25, 0.3) is 0 Å². The van der Waals surface area contributed by atoms with Crippen molar-refractivity contribution in [2.75, 3.05) is 5.32 Å². The number of hydrogen-bond donors (Lipinski definition) is 3. The number of aliphatic carboxylic acids is 1. The molecule has 2 aromatic rings. The summed E-state index contributed by atoms with van der Waals surface area (Å²) in [6.07, 6.45) is -0.290. The lowest BCUT2D eigenvalue weighted by Crippen LogP contribution is -2.13. The molecule has 1 heterocycles. The van der Waals surface area contributed by atoms with Crippen molar-refractivity contribution in [1.82, 2.24) is 20.2 Å². The number of tetrazole rings is 1. The van der Waals surface area contributed by atoms with Crippen LogP contribution >= 0.6 is 12.6 Å². The molecule has 0 spiro atoms. The first-order chi connectivity index (χ1) is 9.56. The van der Waals surface area contributed by atoms with Crippen molar-refractivity contribution in [3.05, 3.63) is 24.3 Å². The van der Waals surface area contributed by atoms with Gasteiger partial charge in [0.1, 0.15) is 0 Å². The maximum atomic E-state index is 11.5. The summed E-state index contributed by atoms with van der Waals surface area (Å²) in [4.78, 5) is 21.9. The van der Waals surface area contributed by atoms with Gasteiger partial charge in [0, 0.05) is 12.1 Å². The molecule has 2 rings (SSSR count). The second kappa shape index (κ2) is 6.15. The highest BCUT2D eigenvalue weighted by molar-refractivity contribution is 7.80. The molecule has 9 heteroatoms. The summed E-state index contributed by atoms with van der Waals surface area (Å²) in [5, 5.41) is 22.3. The molecule has 1 amide bonds. The number of benzene rings is 1. The van der Waals surface area contributed by atoms with E-state index in [2.05, 4.69) is 33.5 Å². The average Bonchev–Trinajstić information content (AvgIpc) is 2.83. The Balaban J connectivity index is 2.09. The number of carboxylic acid groups (broad SMARTS) is 1. The van der Waals surface area contributed by atoms with E-state index in [1.54, 1.807) is 24.3 Å². The van der Waals surface area contributed by atoms with Crippen LogP contribution in [-0.4, -0.2) is 37.2 Å². The fourth-order valence-corrected chi connectivity index (χ4v) is 1.70. The molecule has 8 nitrogen and oxygen atoms in total.